The van der Waals surface area contributed by atoms with Gasteiger partial charge in [-0.25, -0.2) is 0 Å². The molecule has 0 saturated carbocycles. The number of hydrogen-bond donors (Lipinski definition) is 0. The average Bonchev–Trinajstić information content (AvgIpc) is 2.56. The van der Waals surface area contributed by atoms with Crippen LogP contribution in [0.25, 0.3) is 0 Å². The minimum absolute atomic E-state index is 1.53. The summed E-state index contributed by atoms with van der Waals surface area (Å²) in [5, 5.41) is 0. The van der Waals surface area contributed by atoms with E-state index in [2.05, 4.69) is 95.9 Å². The first-order valence-corrected chi connectivity index (χ1v) is 14.1. The van der Waals surface area contributed by atoms with Gasteiger partial charge in [-0.15, -0.1) is 0 Å². The predicted molar refractivity (Wildman–Crippen MR) is 91.2 cm³/mol. The van der Waals surface area contributed by atoms with E-state index in [0.29, 0.717) is 0 Å². The van der Waals surface area contributed by atoms with Crippen molar-refractivity contribution in [2.45, 2.75) is 4.87 Å². The van der Waals surface area contributed by atoms with Crippen molar-refractivity contribution in [2.24, 2.45) is 0 Å². The van der Waals surface area contributed by atoms with Crippen LogP contribution in [0.3, 0.4) is 0 Å². The Hall–Kier alpha value is -1.52. The SMILES string of the molecule is [CH3][SbH]([c]1ccccc1)([c]1ccccc1)[c]1ccccc1. The van der Waals surface area contributed by atoms with Gasteiger partial charge in [-0.3, -0.25) is 0 Å². The zero-order chi connectivity index (χ0) is 13.8. The van der Waals surface area contributed by atoms with Crippen molar-refractivity contribution in [2.75, 3.05) is 0 Å². The molecule has 0 aliphatic heterocycles. The van der Waals surface area contributed by atoms with E-state index in [-0.39, 0.29) is 0 Å². The molecule has 0 unspecified atom stereocenters. The summed E-state index contributed by atoms with van der Waals surface area (Å²) < 4.78 is 4.58. The quantitative estimate of drug-likeness (QED) is 0.623. The van der Waals surface area contributed by atoms with Crippen molar-refractivity contribution in [1.29, 1.82) is 0 Å². The van der Waals surface area contributed by atoms with E-state index < -0.39 is 18.8 Å². The van der Waals surface area contributed by atoms with Crippen LogP contribution in [0.1, 0.15) is 0 Å². The summed E-state index contributed by atoms with van der Waals surface area (Å²) in [4.78, 5) is 2.51. The standard InChI is InChI=1S/3C6H5.CH3.Sb.H/c3*1-2-4-6-5-3-1;;;/h3*1-5H;1H3;;. The van der Waals surface area contributed by atoms with Gasteiger partial charge in [-0.05, 0) is 0 Å². The van der Waals surface area contributed by atoms with Gasteiger partial charge in [0.2, 0.25) is 0 Å². The van der Waals surface area contributed by atoms with Crippen LogP contribution in [-0.4, -0.2) is 18.8 Å². The minimum atomic E-state index is -2.78. The van der Waals surface area contributed by atoms with Gasteiger partial charge in [0.05, 0.1) is 0 Å². The summed E-state index contributed by atoms with van der Waals surface area (Å²) in [7, 11) is 0. The summed E-state index contributed by atoms with van der Waals surface area (Å²) in [5.74, 6) is 0. The Morgan fingerprint density at radius 3 is 0.950 bits per heavy atom. The van der Waals surface area contributed by atoms with Crippen LogP contribution in [0.4, 0.5) is 0 Å². The fraction of sp³-hybridized carbons (Fsp3) is 0.0526. The Balaban J connectivity index is 2.24. The Morgan fingerprint density at radius 1 is 0.450 bits per heavy atom. The summed E-state index contributed by atoms with van der Waals surface area (Å²) in [6, 6.07) is 33.1. The second kappa shape index (κ2) is 5.85. The molecule has 0 fully saturated rings. The van der Waals surface area contributed by atoms with Crippen molar-refractivity contribution < 1.29 is 0 Å². The molecule has 3 rings (SSSR count). The van der Waals surface area contributed by atoms with Crippen LogP contribution in [0, 0.1) is 0 Å². The molecule has 100 valence electrons. The maximum atomic E-state index is 2.51. The first kappa shape index (κ1) is 13.5. The van der Waals surface area contributed by atoms with Crippen molar-refractivity contribution in [3.05, 3.63) is 91.0 Å². The van der Waals surface area contributed by atoms with Crippen LogP contribution in [0.5, 0.6) is 0 Å². The van der Waals surface area contributed by atoms with Crippen LogP contribution in [-0.2, 0) is 0 Å². The van der Waals surface area contributed by atoms with Crippen LogP contribution in [0.2, 0.25) is 4.87 Å². The second-order valence-electron chi connectivity index (χ2n) is 5.22. The van der Waals surface area contributed by atoms with E-state index in [4.69, 9.17) is 0 Å². The van der Waals surface area contributed by atoms with E-state index in [9.17, 15) is 0 Å². The molecular formula is C19H19Sb. The van der Waals surface area contributed by atoms with E-state index in [1.165, 1.54) is 10.5 Å². The molecule has 1 heteroatoms. The molecule has 0 atom stereocenters. The molecule has 0 nitrogen and oxygen atoms in total. The maximum absolute atomic E-state index is 2.78. The fourth-order valence-corrected chi connectivity index (χ4v) is 13.0. The molecule has 20 heavy (non-hydrogen) atoms. The third kappa shape index (κ3) is 2.41. The molecule has 0 spiro atoms. The van der Waals surface area contributed by atoms with Gasteiger partial charge in [0.25, 0.3) is 0 Å². The van der Waals surface area contributed by atoms with Crippen molar-refractivity contribution >= 4 is 29.3 Å². The Morgan fingerprint density at radius 2 is 0.700 bits per heavy atom. The third-order valence-corrected chi connectivity index (χ3v) is 16.8. The van der Waals surface area contributed by atoms with Gasteiger partial charge >= 0.3 is 125 Å². The average molecular weight is 369 g/mol. The van der Waals surface area contributed by atoms with Crippen LogP contribution < -0.4 is 10.5 Å². The van der Waals surface area contributed by atoms with Gasteiger partial charge in [-0.2, -0.15) is 0 Å². The van der Waals surface area contributed by atoms with Gasteiger partial charge in [-0.1, -0.05) is 0 Å². The van der Waals surface area contributed by atoms with E-state index in [1.54, 1.807) is 0 Å². The molecule has 0 aliphatic rings. The summed E-state index contributed by atoms with van der Waals surface area (Å²) >= 11 is -2.78. The van der Waals surface area contributed by atoms with Gasteiger partial charge < -0.3 is 0 Å². The monoisotopic (exact) mass is 368 g/mol. The van der Waals surface area contributed by atoms with E-state index >= 15 is 0 Å². The van der Waals surface area contributed by atoms with Crippen LogP contribution >= 0.6 is 0 Å². The Kier molecular flexibility index (Phi) is 3.94. The zero-order valence-corrected chi connectivity index (χ0v) is 14.5. The molecule has 0 aliphatic carbocycles. The Labute approximate surface area is 125 Å². The molecule has 0 radical (unpaired) electrons. The molecule has 3 aromatic carbocycles. The van der Waals surface area contributed by atoms with Crippen molar-refractivity contribution in [3.63, 3.8) is 0 Å². The third-order valence-electron chi connectivity index (χ3n) is 4.05. The summed E-state index contributed by atoms with van der Waals surface area (Å²) in [6.45, 7) is 0. The van der Waals surface area contributed by atoms with Gasteiger partial charge in [0.15, 0.2) is 0 Å². The number of benzene rings is 3. The molecule has 3 aromatic rings. The molecular weight excluding hydrogens is 350 g/mol. The first-order valence-electron chi connectivity index (χ1n) is 6.98. The first-order chi connectivity index (χ1) is 9.82. The summed E-state index contributed by atoms with van der Waals surface area (Å²) in [6.07, 6.45) is 0. The molecule has 0 heterocycles. The molecule has 0 amide bonds. The molecule has 0 N–H and O–H groups in total. The van der Waals surface area contributed by atoms with Crippen LogP contribution in [0.15, 0.2) is 91.0 Å². The molecule has 0 aromatic heterocycles. The topological polar surface area (TPSA) is 0 Å². The van der Waals surface area contributed by atoms with Gasteiger partial charge in [0, 0.05) is 0 Å². The van der Waals surface area contributed by atoms with Crippen molar-refractivity contribution in [1.82, 2.24) is 0 Å². The zero-order valence-electron chi connectivity index (χ0n) is 11.7. The molecule has 0 saturated heterocycles. The molecule has 0 bridgehead atoms. The fourth-order valence-electron chi connectivity index (χ4n) is 2.81. The van der Waals surface area contributed by atoms with E-state index in [0.717, 1.165) is 0 Å². The Bertz CT molecular complexity index is 563. The summed E-state index contributed by atoms with van der Waals surface area (Å²) in [5.41, 5.74) is 0. The number of rotatable bonds is 3. The second-order valence-corrected chi connectivity index (χ2v) is 16.6. The number of hydrogen-bond acceptors (Lipinski definition) is 0. The normalized spacial score (nSPS) is 12.1. The van der Waals surface area contributed by atoms with E-state index in [1.807, 2.05) is 0 Å². The van der Waals surface area contributed by atoms with Gasteiger partial charge in [0.1, 0.15) is 0 Å². The van der Waals surface area contributed by atoms with Crippen molar-refractivity contribution in [3.8, 4) is 0 Å². The predicted octanol–water partition coefficient (Wildman–Crippen LogP) is 2.52.